The van der Waals surface area contributed by atoms with E-state index in [2.05, 4.69) is 35.8 Å². The maximum Gasteiger partial charge on any atom is 0.158 e. The number of unbranched alkanes of at least 4 members (excludes halogenated alkanes) is 2. The zero-order valence-corrected chi connectivity index (χ0v) is 16.3. The molecule has 1 heterocycles. The number of hydrogen-bond donors (Lipinski definition) is 0. The van der Waals surface area contributed by atoms with Crippen molar-refractivity contribution in [3.8, 4) is 0 Å². The molecule has 22 heavy (non-hydrogen) atoms. The second-order valence-electron chi connectivity index (χ2n) is 4.92. The van der Waals surface area contributed by atoms with E-state index in [0.717, 1.165) is 27.0 Å². The van der Waals surface area contributed by atoms with Crippen LogP contribution in [0.1, 0.15) is 44.5 Å². The van der Waals surface area contributed by atoms with E-state index in [4.69, 9.17) is 17.2 Å². The van der Waals surface area contributed by atoms with Crippen molar-refractivity contribution >= 4 is 62.7 Å². The van der Waals surface area contributed by atoms with E-state index in [0.29, 0.717) is 0 Å². The molecule has 120 valence electrons. The summed E-state index contributed by atoms with van der Waals surface area (Å²) < 4.78 is 3.41. The normalized spacial score (nSPS) is 11.0. The molecule has 0 saturated carbocycles. The first-order chi connectivity index (χ1) is 10.8. The Morgan fingerprint density at radius 1 is 1.14 bits per heavy atom. The van der Waals surface area contributed by atoms with Gasteiger partial charge in [-0.2, -0.15) is 0 Å². The number of para-hydroxylation sites is 1. The van der Waals surface area contributed by atoms with E-state index in [9.17, 15) is 0 Å². The lowest BCUT2D eigenvalue weighted by atomic mass is 10.3. The number of hydrogen-bond acceptors (Lipinski definition) is 5. The van der Waals surface area contributed by atoms with E-state index in [1.807, 2.05) is 30.0 Å². The first kappa shape index (κ1) is 18.0. The summed E-state index contributed by atoms with van der Waals surface area (Å²) in [6.07, 6.45) is 4.87. The molecule has 0 saturated heterocycles. The van der Waals surface area contributed by atoms with Crippen LogP contribution in [0.5, 0.6) is 0 Å². The van der Waals surface area contributed by atoms with Gasteiger partial charge in [0.1, 0.15) is 0 Å². The van der Waals surface area contributed by atoms with Gasteiger partial charge in [0.05, 0.1) is 10.2 Å². The highest BCUT2D eigenvalue weighted by molar-refractivity contribution is 8.13. The van der Waals surface area contributed by atoms with Crippen molar-refractivity contribution in [2.45, 2.75) is 39.5 Å². The summed E-state index contributed by atoms with van der Waals surface area (Å²) in [5, 5.41) is 0.962. The Kier molecular flexibility index (Phi) is 8.00. The molecule has 0 radical (unpaired) electrons. The Labute approximate surface area is 151 Å². The number of benzene rings is 1. The van der Waals surface area contributed by atoms with E-state index in [1.54, 1.807) is 11.3 Å². The minimum Gasteiger partial charge on any atom is -0.245 e. The molecule has 0 atom stereocenters. The highest BCUT2D eigenvalue weighted by atomic mass is 32.2. The largest absolute Gasteiger partial charge is 0.245 e. The number of thiazole rings is 1. The third kappa shape index (κ3) is 5.11. The monoisotopic (exact) mass is 370 g/mol. The van der Waals surface area contributed by atoms with Crippen LogP contribution < -0.4 is 0 Å². The van der Waals surface area contributed by atoms with Crippen LogP contribution in [0.2, 0.25) is 0 Å². The standard InChI is InChI=1S/C16H22N2S4/c1-3-5-11-20-18(21-12-6-4-2)16(19)15-17-13-9-7-8-10-14(13)22-15/h7-10H,3-6,11-12H2,1-2H3. The molecule has 0 bridgehead atoms. The van der Waals surface area contributed by atoms with Crippen LogP contribution in [0.15, 0.2) is 24.3 Å². The minimum absolute atomic E-state index is 0.864. The second-order valence-corrected chi connectivity index (χ2v) is 8.63. The molecule has 2 aromatic rings. The van der Waals surface area contributed by atoms with Crippen LogP contribution in [0.4, 0.5) is 0 Å². The lowest BCUT2D eigenvalue weighted by Gasteiger charge is -2.21. The molecule has 2 rings (SSSR count). The number of nitrogens with zero attached hydrogens (tertiary/aromatic N) is 2. The van der Waals surface area contributed by atoms with Gasteiger partial charge in [-0.05, 0) is 48.9 Å². The highest BCUT2D eigenvalue weighted by Gasteiger charge is 2.17. The molecule has 0 amide bonds. The van der Waals surface area contributed by atoms with Crippen molar-refractivity contribution < 1.29 is 0 Å². The molecule has 0 unspecified atom stereocenters. The zero-order valence-electron chi connectivity index (χ0n) is 13.1. The zero-order chi connectivity index (χ0) is 15.8. The minimum atomic E-state index is 0.864. The van der Waals surface area contributed by atoms with Crippen LogP contribution in [0.3, 0.4) is 0 Å². The van der Waals surface area contributed by atoms with Gasteiger partial charge >= 0.3 is 0 Å². The first-order valence-electron chi connectivity index (χ1n) is 7.72. The number of thiocarbonyl (C=S) groups is 1. The molecule has 6 heteroatoms. The van der Waals surface area contributed by atoms with E-state index in [-0.39, 0.29) is 0 Å². The predicted molar refractivity (Wildman–Crippen MR) is 108 cm³/mol. The Bertz CT molecular complexity index is 554. The highest BCUT2D eigenvalue weighted by Crippen LogP contribution is 2.30. The van der Waals surface area contributed by atoms with Crippen molar-refractivity contribution in [3.63, 3.8) is 0 Å². The third-order valence-electron chi connectivity index (χ3n) is 3.06. The van der Waals surface area contributed by atoms with Gasteiger partial charge in [0.15, 0.2) is 10.00 Å². The smallest absolute Gasteiger partial charge is 0.158 e. The van der Waals surface area contributed by atoms with E-state index < -0.39 is 0 Å². The van der Waals surface area contributed by atoms with Gasteiger partial charge in [0.2, 0.25) is 0 Å². The van der Waals surface area contributed by atoms with Crippen LogP contribution in [0.25, 0.3) is 10.2 Å². The van der Waals surface area contributed by atoms with Crippen LogP contribution >= 0.6 is 47.5 Å². The summed E-state index contributed by atoms with van der Waals surface area (Å²) in [5.74, 6) is 2.22. The molecule has 0 aliphatic rings. The van der Waals surface area contributed by atoms with Crippen molar-refractivity contribution in [2.75, 3.05) is 11.5 Å². The maximum absolute atomic E-state index is 5.71. The Morgan fingerprint density at radius 3 is 2.36 bits per heavy atom. The molecule has 1 aromatic carbocycles. The van der Waals surface area contributed by atoms with Gasteiger partial charge in [0.25, 0.3) is 0 Å². The number of rotatable bonds is 9. The van der Waals surface area contributed by atoms with Gasteiger partial charge in [0, 0.05) is 11.5 Å². The van der Waals surface area contributed by atoms with E-state index in [1.165, 1.54) is 30.4 Å². The van der Waals surface area contributed by atoms with Gasteiger partial charge in [-0.3, -0.25) is 0 Å². The van der Waals surface area contributed by atoms with Crippen molar-refractivity contribution in [2.24, 2.45) is 0 Å². The first-order valence-corrected chi connectivity index (χ1v) is 10.8. The van der Waals surface area contributed by atoms with Crippen molar-refractivity contribution in [3.05, 3.63) is 29.3 Å². The Hall–Kier alpha value is -0.300. The van der Waals surface area contributed by atoms with Gasteiger partial charge in [-0.15, -0.1) is 11.3 Å². The molecule has 0 aliphatic carbocycles. The lowest BCUT2D eigenvalue weighted by molar-refractivity contribution is 0.883. The summed E-state index contributed by atoms with van der Waals surface area (Å²) in [5.41, 5.74) is 1.04. The SMILES string of the molecule is CCCCSN(SCCCC)C(=S)c1nc2ccccc2s1. The average molecular weight is 371 g/mol. The molecule has 0 spiro atoms. The molecule has 0 N–H and O–H groups in total. The van der Waals surface area contributed by atoms with Gasteiger partial charge in [-0.25, -0.2) is 8.69 Å². The van der Waals surface area contributed by atoms with Gasteiger partial charge < -0.3 is 0 Å². The maximum atomic E-state index is 5.71. The second kappa shape index (κ2) is 9.75. The fourth-order valence-corrected chi connectivity index (χ4v) is 5.60. The van der Waals surface area contributed by atoms with Crippen LogP contribution in [-0.2, 0) is 0 Å². The number of fused-ring (bicyclic) bond motifs is 1. The van der Waals surface area contributed by atoms with Crippen LogP contribution in [0, 0.1) is 0 Å². The third-order valence-corrected chi connectivity index (χ3v) is 7.24. The molecule has 0 aliphatic heterocycles. The summed E-state index contributed by atoms with van der Waals surface area (Å²) >= 11 is 11.1. The predicted octanol–water partition coefficient (Wildman–Crippen LogP) is 6.17. The van der Waals surface area contributed by atoms with Crippen LogP contribution in [-0.4, -0.2) is 25.2 Å². The molecule has 2 nitrogen and oxygen atoms in total. The summed E-state index contributed by atoms with van der Waals surface area (Å²) in [7, 11) is 0. The summed E-state index contributed by atoms with van der Waals surface area (Å²) in [6, 6.07) is 8.24. The molecular weight excluding hydrogens is 348 g/mol. The lowest BCUT2D eigenvalue weighted by Crippen LogP contribution is -2.17. The van der Waals surface area contributed by atoms with Crippen molar-refractivity contribution in [1.29, 1.82) is 0 Å². The number of aromatic nitrogens is 1. The average Bonchev–Trinajstić information content (AvgIpc) is 2.97. The Balaban J connectivity index is 2.08. The topological polar surface area (TPSA) is 16.1 Å². The van der Waals surface area contributed by atoms with Crippen molar-refractivity contribution in [1.82, 2.24) is 8.69 Å². The fraction of sp³-hybridized carbons (Fsp3) is 0.500. The molecular formula is C16H22N2S4. The molecule has 1 aromatic heterocycles. The summed E-state index contributed by atoms with van der Waals surface area (Å²) in [4.78, 5) is 5.56. The summed E-state index contributed by atoms with van der Waals surface area (Å²) in [6.45, 7) is 4.45. The quantitative estimate of drug-likeness (QED) is 0.297. The van der Waals surface area contributed by atoms with E-state index >= 15 is 0 Å². The van der Waals surface area contributed by atoms with Gasteiger partial charge in [-0.1, -0.05) is 51.0 Å². The molecule has 0 fully saturated rings. The Morgan fingerprint density at radius 2 is 1.77 bits per heavy atom. The fourth-order valence-electron chi connectivity index (χ4n) is 1.78.